The van der Waals surface area contributed by atoms with E-state index in [-0.39, 0.29) is 0 Å². The molecule has 8 heterocycles. The number of nitrogens with zero attached hydrogens (tertiary/aromatic N) is 6. The largest absolute Gasteiger partial charge is 0.456 e. The Kier molecular flexibility index (Phi) is 16.2. The van der Waals surface area contributed by atoms with Gasteiger partial charge < -0.3 is 31.7 Å². The van der Waals surface area contributed by atoms with Crippen LogP contribution >= 0.6 is 0 Å². The highest BCUT2D eigenvalue weighted by atomic mass is 16.3. The van der Waals surface area contributed by atoms with Crippen molar-refractivity contribution in [3.8, 4) is 95.2 Å². The zero-order valence-corrected chi connectivity index (χ0v) is 68.7. The molecule has 127 heavy (non-hydrogen) atoms. The number of fused-ring (bicyclic) bond motifs is 21. The normalized spacial score (nSPS) is 11.9. The second-order valence-corrected chi connectivity index (χ2v) is 33.3. The maximum Gasteiger partial charge on any atom is 0.135 e. The predicted octanol–water partition coefficient (Wildman–Crippen LogP) is 32.1. The van der Waals surface area contributed by atoms with Gasteiger partial charge in [-0.25, -0.2) is 0 Å². The van der Waals surface area contributed by atoms with Gasteiger partial charge >= 0.3 is 0 Å². The van der Waals surface area contributed by atoms with Crippen molar-refractivity contribution >= 4 is 153 Å². The Hall–Kier alpha value is -17.1. The van der Waals surface area contributed by atoms with Crippen molar-refractivity contribution in [2.24, 2.45) is 0 Å². The third-order valence-corrected chi connectivity index (χ3v) is 26.2. The summed E-state index contributed by atoms with van der Waals surface area (Å²) in [7, 11) is 0. The molecular formula is C119H74N6O2. The SMILES string of the molecule is c1cc(-c2cccc(-c3ccc4oc5ccc(-n6c7ccccc7c7ccccc76)cc5c4c3)c2)cc(-c2cc(-n3c4ccccc4c4ccccc43)cc(-n3c4ccccc4c4ccccc43)c2)c1.c1cc(-c2cccc(-c3ccc4oc5ccc(-n6c7ccccc7c7ccncc76)cc5c4c3)c2)cc(-c2cccc(-n3c4ccccc4c4ccccc43)c2)c1. The van der Waals surface area contributed by atoms with E-state index in [0.29, 0.717) is 0 Å². The molecular weight excluding hydrogens is 1550 g/mol. The number of rotatable bonds is 11. The Labute approximate surface area is 729 Å². The molecule has 8 nitrogen and oxygen atoms in total. The zero-order valence-electron chi connectivity index (χ0n) is 68.7. The number of furan rings is 2. The summed E-state index contributed by atoms with van der Waals surface area (Å²) < 4.78 is 24.8. The predicted molar refractivity (Wildman–Crippen MR) is 530 cm³/mol. The Balaban J connectivity index is 0.000000138. The number of hydrogen-bond donors (Lipinski definition) is 0. The Bertz CT molecular complexity index is 8810. The van der Waals surface area contributed by atoms with Gasteiger partial charge in [-0.3, -0.25) is 4.98 Å². The van der Waals surface area contributed by atoms with Gasteiger partial charge in [0.05, 0.1) is 61.4 Å². The number of aromatic nitrogens is 6. The van der Waals surface area contributed by atoms with Crippen molar-refractivity contribution in [1.82, 2.24) is 27.8 Å². The minimum absolute atomic E-state index is 0.873. The highest BCUT2D eigenvalue weighted by Crippen LogP contribution is 2.45. The zero-order chi connectivity index (χ0) is 83.3. The molecule has 27 aromatic rings. The average molecular weight is 1620 g/mol. The van der Waals surface area contributed by atoms with Crippen LogP contribution in [0.3, 0.4) is 0 Å². The van der Waals surface area contributed by atoms with Gasteiger partial charge in [0, 0.05) is 110 Å². The lowest BCUT2D eigenvalue weighted by Gasteiger charge is -2.16. The molecule has 19 aromatic carbocycles. The first-order valence-corrected chi connectivity index (χ1v) is 43.3. The van der Waals surface area contributed by atoms with E-state index in [0.717, 1.165) is 128 Å². The number of benzene rings is 19. The molecule has 0 aliphatic carbocycles. The molecule has 0 N–H and O–H groups in total. The van der Waals surface area contributed by atoms with E-state index >= 15 is 0 Å². The summed E-state index contributed by atoms with van der Waals surface area (Å²) in [4.78, 5) is 4.48. The van der Waals surface area contributed by atoms with Crippen molar-refractivity contribution in [1.29, 1.82) is 0 Å². The Morgan fingerprint density at radius 1 is 0.142 bits per heavy atom. The molecule has 0 bridgehead atoms. The molecule has 0 saturated carbocycles. The Morgan fingerprint density at radius 3 is 0.693 bits per heavy atom. The van der Waals surface area contributed by atoms with Gasteiger partial charge in [0.15, 0.2) is 0 Å². The summed E-state index contributed by atoms with van der Waals surface area (Å²) in [6, 6.07) is 158. The summed E-state index contributed by atoms with van der Waals surface area (Å²) in [6.45, 7) is 0. The summed E-state index contributed by atoms with van der Waals surface area (Å²) in [6.07, 6.45) is 3.82. The van der Waals surface area contributed by atoms with E-state index in [1.165, 1.54) is 120 Å². The van der Waals surface area contributed by atoms with Gasteiger partial charge in [-0.1, -0.05) is 261 Å². The van der Waals surface area contributed by atoms with E-state index in [4.69, 9.17) is 8.83 Å². The fourth-order valence-electron chi connectivity index (χ4n) is 20.4. The van der Waals surface area contributed by atoms with Crippen LogP contribution in [0, 0.1) is 0 Å². The van der Waals surface area contributed by atoms with Crippen LogP contribution < -0.4 is 0 Å². The van der Waals surface area contributed by atoms with Crippen LogP contribution in [0.1, 0.15) is 0 Å². The molecule has 0 aliphatic heterocycles. The third kappa shape index (κ3) is 11.7. The summed E-state index contributed by atoms with van der Waals surface area (Å²) in [5.74, 6) is 0. The number of para-hydroxylation sites is 9. The summed E-state index contributed by atoms with van der Waals surface area (Å²) in [5, 5.41) is 16.8. The molecule has 0 atom stereocenters. The van der Waals surface area contributed by atoms with Gasteiger partial charge in [0.2, 0.25) is 0 Å². The smallest absolute Gasteiger partial charge is 0.135 e. The van der Waals surface area contributed by atoms with Crippen molar-refractivity contribution in [3.63, 3.8) is 0 Å². The van der Waals surface area contributed by atoms with Crippen LogP contribution in [0.4, 0.5) is 0 Å². The molecule has 592 valence electrons. The second-order valence-electron chi connectivity index (χ2n) is 33.3. The topological polar surface area (TPSA) is 63.8 Å². The number of hydrogen-bond acceptors (Lipinski definition) is 3. The highest BCUT2D eigenvalue weighted by Gasteiger charge is 2.23. The number of pyridine rings is 1. The lowest BCUT2D eigenvalue weighted by atomic mass is 9.95. The molecule has 8 aromatic heterocycles. The molecule has 0 spiro atoms. The van der Waals surface area contributed by atoms with E-state index in [1.54, 1.807) is 0 Å². The molecule has 0 unspecified atom stereocenters. The molecule has 0 saturated heterocycles. The van der Waals surface area contributed by atoms with E-state index in [9.17, 15) is 0 Å². The van der Waals surface area contributed by atoms with Crippen LogP contribution in [-0.4, -0.2) is 27.8 Å². The van der Waals surface area contributed by atoms with Gasteiger partial charge in [-0.2, -0.15) is 0 Å². The molecule has 8 heteroatoms. The standard InChI is InChI=1S/C66H41N3O.C53H33N3O/c1-7-25-59-51(19-1)52-20-2-8-26-60(52)67(59)48-32-34-66-58(41-48)57-39-46(31-33-65(57)70-66)44-17-13-15-42(35-44)43-16-14-18-45(36-43)47-37-49(68-61-27-9-3-21-53(61)54-22-4-10-28-62(54)68)40-50(38-47)69-63-29-11-5-23-55(63)56-24-6-12-30-64(56)69;1-4-19-48-42(16-1)43-17-2-5-20-49(43)55(48)40-15-9-14-38(30-40)36-12-7-10-34(28-36)35-11-8-13-37(29-35)39-22-24-52-46(31-39)47-32-41(23-25-53(47)57-52)56-50-21-6-3-18-44(50)45-26-27-54-33-51(45)56/h1-41H;1-33H. The minimum atomic E-state index is 0.873. The summed E-state index contributed by atoms with van der Waals surface area (Å²) in [5.41, 5.74) is 34.8. The summed E-state index contributed by atoms with van der Waals surface area (Å²) >= 11 is 0. The lowest BCUT2D eigenvalue weighted by molar-refractivity contribution is 0.668. The van der Waals surface area contributed by atoms with Gasteiger partial charge in [-0.05, 0) is 243 Å². The van der Waals surface area contributed by atoms with Crippen molar-refractivity contribution in [2.45, 2.75) is 0 Å². The third-order valence-electron chi connectivity index (χ3n) is 26.2. The minimum Gasteiger partial charge on any atom is -0.456 e. The molecule has 0 radical (unpaired) electrons. The Morgan fingerprint density at radius 2 is 0.370 bits per heavy atom. The van der Waals surface area contributed by atoms with Crippen LogP contribution in [0.25, 0.3) is 248 Å². The lowest BCUT2D eigenvalue weighted by Crippen LogP contribution is -2.00. The maximum absolute atomic E-state index is 6.47. The van der Waals surface area contributed by atoms with Crippen molar-refractivity contribution in [3.05, 3.63) is 449 Å². The van der Waals surface area contributed by atoms with Crippen LogP contribution in [-0.2, 0) is 0 Å². The van der Waals surface area contributed by atoms with Gasteiger partial charge in [0.1, 0.15) is 22.3 Å². The quantitative estimate of drug-likeness (QED) is 0.130. The first kappa shape index (κ1) is 71.6. The van der Waals surface area contributed by atoms with E-state index in [2.05, 4.69) is 465 Å². The molecule has 0 aliphatic rings. The monoisotopic (exact) mass is 1620 g/mol. The van der Waals surface area contributed by atoms with Crippen LogP contribution in [0.15, 0.2) is 458 Å². The van der Waals surface area contributed by atoms with Crippen molar-refractivity contribution in [2.75, 3.05) is 0 Å². The van der Waals surface area contributed by atoms with Crippen molar-refractivity contribution < 1.29 is 8.83 Å². The maximum atomic E-state index is 6.47. The van der Waals surface area contributed by atoms with Gasteiger partial charge in [-0.15, -0.1) is 0 Å². The average Bonchev–Trinajstić information content (AvgIpc) is 1.59. The first-order chi connectivity index (χ1) is 62.9. The highest BCUT2D eigenvalue weighted by molar-refractivity contribution is 6.16. The fraction of sp³-hybridized carbons (Fsp3) is 0. The molecule has 0 amide bonds. The molecule has 0 fully saturated rings. The first-order valence-electron chi connectivity index (χ1n) is 43.3. The van der Waals surface area contributed by atoms with Crippen LogP contribution in [0.5, 0.6) is 0 Å². The van der Waals surface area contributed by atoms with Gasteiger partial charge in [0.25, 0.3) is 0 Å². The second kappa shape index (κ2) is 28.8. The molecule has 27 rings (SSSR count). The van der Waals surface area contributed by atoms with E-state index < -0.39 is 0 Å². The van der Waals surface area contributed by atoms with E-state index in [1.807, 2.05) is 12.4 Å². The van der Waals surface area contributed by atoms with Crippen LogP contribution in [0.2, 0.25) is 0 Å². The fourth-order valence-corrected chi connectivity index (χ4v) is 20.4.